The molecule has 0 unspecified atom stereocenters. The lowest BCUT2D eigenvalue weighted by atomic mass is 10.2. The normalized spacial score (nSPS) is 11.1. The SMILES string of the molecule is O=C(C=Cc1ccccc1Cl)Nc1cccc2ccc(-n3ccnc3)nc12. The lowest BCUT2D eigenvalue weighted by Gasteiger charge is -2.08. The predicted molar refractivity (Wildman–Crippen MR) is 108 cm³/mol. The molecule has 0 aliphatic rings. The summed E-state index contributed by atoms with van der Waals surface area (Å²) in [7, 11) is 0. The van der Waals surface area contributed by atoms with Crippen molar-refractivity contribution in [2.24, 2.45) is 0 Å². The number of carbonyl (C=O) groups is 1. The van der Waals surface area contributed by atoms with Gasteiger partial charge in [0.05, 0.1) is 11.2 Å². The van der Waals surface area contributed by atoms with Crippen LogP contribution in [0, 0.1) is 0 Å². The first kappa shape index (κ1) is 17.0. The Labute approximate surface area is 161 Å². The second-order valence-corrected chi connectivity index (χ2v) is 6.27. The molecule has 0 saturated carbocycles. The Morgan fingerprint density at radius 2 is 1.96 bits per heavy atom. The number of anilines is 1. The van der Waals surface area contributed by atoms with Crippen molar-refractivity contribution >= 4 is 40.2 Å². The summed E-state index contributed by atoms with van der Waals surface area (Å²) in [4.78, 5) is 21.1. The zero-order chi connectivity index (χ0) is 18.6. The fraction of sp³-hybridized carbons (Fsp3) is 0. The largest absolute Gasteiger partial charge is 0.321 e. The fourth-order valence-electron chi connectivity index (χ4n) is 2.73. The van der Waals surface area contributed by atoms with E-state index in [-0.39, 0.29) is 5.91 Å². The first-order chi connectivity index (χ1) is 13.2. The van der Waals surface area contributed by atoms with E-state index in [4.69, 9.17) is 11.6 Å². The monoisotopic (exact) mass is 374 g/mol. The molecule has 2 aromatic carbocycles. The summed E-state index contributed by atoms with van der Waals surface area (Å²) in [6.45, 7) is 0. The molecule has 0 aliphatic carbocycles. The molecule has 5 nitrogen and oxygen atoms in total. The van der Waals surface area contributed by atoms with Crippen molar-refractivity contribution in [3.63, 3.8) is 0 Å². The molecule has 0 atom stereocenters. The van der Waals surface area contributed by atoms with E-state index in [1.807, 2.05) is 59.3 Å². The van der Waals surface area contributed by atoms with Crippen LogP contribution in [0.4, 0.5) is 5.69 Å². The van der Waals surface area contributed by atoms with Crippen molar-refractivity contribution in [2.75, 3.05) is 5.32 Å². The summed E-state index contributed by atoms with van der Waals surface area (Å²) >= 11 is 6.11. The van der Waals surface area contributed by atoms with Crippen molar-refractivity contribution in [3.8, 4) is 5.82 Å². The summed E-state index contributed by atoms with van der Waals surface area (Å²) in [5.74, 6) is 0.477. The minimum Gasteiger partial charge on any atom is -0.321 e. The van der Waals surface area contributed by atoms with Gasteiger partial charge in [-0.05, 0) is 35.9 Å². The number of hydrogen-bond acceptors (Lipinski definition) is 3. The molecule has 0 spiro atoms. The number of hydrogen-bond donors (Lipinski definition) is 1. The van der Waals surface area contributed by atoms with Crippen LogP contribution in [0.25, 0.3) is 22.8 Å². The van der Waals surface area contributed by atoms with Crippen LogP contribution in [0.2, 0.25) is 5.02 Å². The summed E-state index contributed by atoms with van der Waals surface area (Å²) in [5, 5.41) is 4.42. The molecule has 2 aromatic heterocycles. The van der Waals surface area contributed by atoms with E-state index in [1.165, 1.54) is 6.08 Å². The van der Waals surface area contributed by atoms with Crippen LogP contribution >= 0.6 is 11.6 Å². The topological polar surface area (TPSA) is 59.8 Å². The highest BCUT2D eigenvalue weighted by atomic mass is 35.5. The first-order valence-corrected chi connectivity index (χ1v) is 8.70. The Morgan fingerprint density at radius 3 is 2.78 bits per heavy atom. The number of para-hydroxylation sites is 1. The van der Waals surface area contributed by atoms with Gasteiger partial charge in [0.1, 0.15) is 12.1 Å². The number of halogens is 1. The van der Waals surface area contributed by atoms with Crippen LogP contribution in [0.5, 0.6) is 0 Å². The number of nitrogens with one attached hydrogen (secondary N) is 1. The zero-order valence-electron chi connectivity index (χ0n) is 14.2. The number of aromatic nitrogens is 3. The number of nitrogens with zero attached hydrogens (tertiary/aromatic N) is 3. The molecule has 132 valence electrons. The maximum Gasteiger partial charge on any atom is 0.248 e. The van der Waals surface area contributed by atoms with Crippen molar-refractivity contribution in [1.29, 1.82) is 0 Å². The van der Waals surface area contributed by atoms with Gasteiger partial charge in [-0.15, -0.1) is 0 Å². The van der Waals surface area contributed by atoms with Crippen LogP contribution in [0.1, 0.15) is 5.56 Å². The van der Waals surface area contributed by atoms with Gasteiger partial charge < -0.3 is 5.32 Å². The van der Waals surface area contributed by atoms with Crippen LogP contribution in [0.15, 0.2) is 79.4 Å². The molecule has 4 aromatic rings. The Balaban J connectivity index is 1.62. The second kappa shape index (κ2) is 7.43. The quantitative estimate of drug-likeness (QED) is 0.525. The number of pyridine rings is 1. The molecule has 6 heteroatoms. The fourth-order valence-corrected chi connectivity index (χ4v) is 2.92. The average molecular weight is 375 g/mol. The highest BCUT2D eigenvalue weighted by Crippen LogP contribution is 2.23. The summed E-state index contributed by atoms with van der Waals surface area (Å²) in [5.41, 5.74) is 2.14. The molecular formula is C21H15ClN4O. The maximum absolute atomic E-state index is 12.4. The summed E-state index contributed by atoms with van der Waals surface area (Å²) in [6.07, 6.45) is 8.34. The molecule has 0 radical (unpaired) electrons. The standard InChI is InChI=1S/C21H15ClN4O/c22-17-6-2-1-4-15(17)9-11-20(27)24-18-7-3-5-16-8-10-19(25-21(16)18)26-13-12-23-14-26/h1-14H,(H,24,27). The Morgan fingerprint density at radius 1 is 1.07 bits per heavy atom. The third-order valence-electron chi connectivity index (χ3n) is 4.05. The number of rotatable bonds is 4. The van der Waals surface area contributed by atoms with Gasteiger partial charge in [0.25, 0.3) is 0 Å². The van der Waals surface area contributed by atoms with Crippen LogP contribution in [-0.2, 0) is 4.79 Å². The van der Waals surface area contributed by atoms with Crippen LogP contribution in [-0.4, -0.2) is 20.4 Å². The molecule has 0 saturated heterocycles. The maximum atomic E-state index is 12.4. The van der Waals surface area contributed by atoms with Gasteiger partial charge in [-0.25, -0.2) is 9.97 Å². The minimum atomic E-state index is -0.253. The Kier molecular flexibility index (Phi) is 4.68. The average Bonchev–Trinajstić information content (AvgIpc) is 3.22. The van der Waals surface area contributed by atoms with E-state index in [0.29, 0.717) is 16.2 Å². The van der Waals surface area contributed by atoms with Crippen molar-refractivity contribution in [3.05, 3.63) is 90.0 Å². The van der Waals surface area contributed by atoms with E-state index in [0.717, 1.165) is 16.8 Å². The van der Waals surface area contributed by atoms with Gasteiger partial charge in [-0.2, -0.15) is 0 Å². The molecule has 0 aliphatic heterocycles. The molecule has 2 heterocycles. The third-order valence-corrected chi connectivity index (χ3v) is 4.40. The highest BCUT2D eigenvalue weighted by Gasteiger charge is 2.07. The van der Waals surface area contributed by atoms with Gasteiger partial charge in [0.15, 0.2) is 0 Å². The lowest BCUT2D eigenvalue weighted by Crippen LogP contribution is -2.09. The molecule has 0 fully saturated rings. The van der Waals surface area contributed by atoms with E-state index in [1.54, 1.807) is 24.7 Å². The number of benzene rings is 2. The van der Waals surface area contributed by atoms with Gasteiger partial charge >= 0.3 is 0 Å². The number of fused-ring (bicyclic) bond motifs is 1. The zero-order valence-corrected chi connectivity index (χ0v) is 15.0. The molecule has 1 N–H and O–H groups in total. The first-order valence-electron chi connectivity index (χ1n) is 8.32. The molecular weight excluding hydrogens is 360 g/mol. The molecule has 27 heavy (non-hydrogen) atoms. The third kappa shape index (κ3) is 3.73. The smallest absolute Gasteiger partial charge is 0.248 e. The van der Waals surface area contributed by atoms with Gasteiger partial charge in [-0.3, -0.25) is 9.36 Å². The second-order valence-electron chi connectivity index (χ2n) is 5.86. The van der Waals surface area contributed by atoms with E-state index in [2.05, 4.69) is 15.3 Å². The molecule has 4 rings (SSSR count). The lowest BCUT2D eigenvalue weighted by molar-refractivity contribution is -0.111. The van der Waals surface area contributed by atoms with Crippen LogP contribution in [0.3, 0.4) is 0 Å². The van der Waals surface area contributed by atoms with E-state index >= 15 is 0 Å². The van der Waals surface area contributed by atoms with E-state index < -0.39 is 0 Å². The minimum absolute atomic E-state index is 0.253. The summed E-state index contributed by atoms with van der Waals surface area (Å²) in [6, 6.07) is 16.9. The number of amides is 1. The van der Waals surface area contributed by atoms with Crippen molar-refractivity contribution < 1.29 is 4.79 Å². The highest BCUT2D eigenvalue weighted by molar-refractivity contribution is 6.32. The van der Waals surface area contributed by atoms with Gasteiger partial charge in [0, 0.05) is 28.9 Å². The van der Waals surface area contributed by atoms with Crippen LogP contribution < -0.4 is 5.32 Å². The van der Waals surface area contributed by atoms with E-state index in [9.17, 15) is 4.79 Å². The van der Waals surface area contributed by atoms with Gasteiger partial charge in [0.2, 0.25) is 5.91 Å². The number of carbonyl (C=O) groups excluding carboxylic acids is 1. The number of imidazole rings is 1. The summed E-state index contributed by atoms with van der Waals surface area (Å²) < 4.78 is 1.81. The molecule has 0 bridgehead atoms. The van der Waals surface area contributed by atoms with Crippen molar-refractivity contribution in [2.45, 2.75) is 0 Å². The predicted octanol–water partition coefficient (Wildman–Crippen LogP) is 4.73. The van der Waals surface area contributed by atoms with Gasteiger partial charge in [-0.1, -0.05) is 41.9 Å². The van der Waals surface area contributed by atoms with Crippen molar-refractivity contribution in [1.82, 2.24) is 14.5 Å². The molecule has 1 amide bonds. The Hall–Kier alpha value is -3.44. The Bertz CT molecular complexity index is 1140.